The Labute approximate surface area is 119 Å². The lowest BCUT2D eigenvalue weighted by Crippen LogP contribution is -2.47. The molecule has 2 unspecified atom stereocenters. The van der Waals surface area contributed by atoms with Gasteiger partial charge in [0.25, 0.3) is 0 Å². The number of hydrogen-bond acceptors (Lipinski definition) is 3. The fourth-order valence-corrected chi connectivity index (χ4v) is 2.72. The smallest absolute Gasteiger partial charge is 0.326 e. The van der Waals surface area contributed by atoms with Crippen LogP contribution in [0.25, 0.3) is 0 Å². The van der Waals surface area contributed by atoms with Crippen LogP contribution in [-0.4, -0.2) is 53.1 Å². The number of rotatable bonds is 6. The molecule has 0 aromatic rings. The lowest BCUT2D eigenvalue weighted by molar-refractivity contribution is -0.139. The third-order valence-electron chi connectivity index (χ3n) is 3.66. The summed E-state index contributed by atoms with van der Waals surface area (Å²) in [6.45, 7) is 5.77. The molecule has 1 aliphatic rings. The van der Waals surface area contributed by atoms with Crippen LogP contribution in [0.4, 0.5) is 4.79 Å². The highest BCUT2D eigenvalue weighted by Crippen LogP contribution is 2.23. The van der Waals surface area contributed by atoms with E-state index < -0.39 is 12.0 Å². The van der Waals surface area contributed by atoms with Crippen LogP contribution >= 0.6 is 11.8 Å². The Hall–Kier alpha value is -0.910. The summed E-state index contributed by atoms with van der Waals surface area (Å²) in [5.41, 5.74) is 0. The molecule has 110 valence electrons. The number of carboxylic acids is 1. The van der Waals surface area contributed by atoms with Gasteiger partial charge in [-0.25, -0.2) is 9.59 Å². The summed E-state index contributed by atoms with van der Waals surface area (Å²) >= 11 is 1.58. The molecule has 1 saturated heterocycles. The van der Waals surface area contributed by atoms with Crippen molar-refractivity contribution in [3.8, 4) is 0 Å². The van der Waals surface area contributed by atoms with Gasteiger partial charge in [0.1, 0.15) is 6.04 Å². The average Bonchev–Trinajstić information content (AvgIpc) is 2.83. The highest BCUT2D eigenvalue weighted by atomic mass is 32.2. The SMILES string of the molecule is CSCCC(NC(=O)N1CCC(C(C)C)C1)C(=O)O. The van der Waals surface area contributed by atoms with Crippen LogP contribution in [0, 0.1) is 11.8 Å². The van der Waals surface area contributed by atoms with E-state index in [-0.39, 0.29) is 6.03 Å². The van der Waals surface area contributed by atoms with Crippen molar-refractivity contribution in [3.05, 3.63) is 0 Å². The first-order chi connectivity index (χ1) is 8.95. The van der Waals surface area contributed by atoms with Crippen LogP contribution in [0.3, 0.4) is 0 Å². The summed E-state index contributed by atoms with van der Waals surface area (Å²) < 4.78 is 0. The molecule has 2 N–H and O–H groups in total. The standard InChI is InChI=1S/C13H24N2O3S/c1-9(2)10-4-6-15(8-10)13(18)14-11(12(16)17)5-7-19-3/h9-11H,4-8H2,1-3H3,(H,14,18)(H,16,17). The van der Waals surface area contributed by atoms with E-state index in [0.717, 1.165) is 25.3 Å². The van der Waals surface area contributed by atoms with Gasteiger partial charge in [0.15, 0.2) is 0 Å². The molecule has 6 heteroatoms. The van der Waals surface area contributed by atoms with E-state index in [1.807, 2.05) is 6.26 Å². The first-order valence-corrected chi connectivity index (χ1v) is 8.12. The number of amides is 2. The molecule has 1 aliphatic heterocycles. The quantitative estimate of drug-likeness (QED) is 0.783. The zero-order valence-corrected chi connectivity index (χ0v) is 12.7. The summed E-state index contributed by atoms with van der Waals surface area (Å²) in [6.07, 6.45) is 3.39. The molecule has 0 bridgehead atoms. The first kappa shape index (κ1) is 16.1. The van der Waals surface area contributed by atoms with Gasteiger partial charge in [0, 0.05) is 13.1 Å². The maximum absolute atomic E-state index is 12.0. The number of hydrogen-bond donors (Lipinski definition) is 2. The van der Waals surface area contributed by atoms with Crippen LogP contribution < -0.4 is 5.32 Å². The number of nitrogens with one attached hydrogen (secondary N) is 1. The van der Waals surface area contributed by atoms with Crippen molar-refractivity contribution in [1.82, 2.24) is 10.2 Å². The van der Waals surface area contributed by atoms with Gasteiger partial charge in [0.2, 0.25) is 0 Å². The van der Waals surface area contributed by atoms with Crippen molar-refractivity contribution in [2.24, 2.45) is 11.8 Å². The Balaban J connectivity index is 2.46. The molecule has 0 radical (unpaired) electrons. The second-order valence-electron chi connectivity index (χ2n) is 5.36. The molecular weight excluding hydrogens is 264 g/mol. The molecule has 2 atom stereocenters. The van der Waals surface area contributed by atoms with Crippen LogP contribution in [0.5, 0.6) is 0 Å². The van der Waals surface area contributed by atoms with Gasteiger partial charge in [-0.3, -0.25) is 0 Å². The highest BCUT2D eigenvalue weighted by molar-refractivity contribution is 7.98. The van der Waals surface area contributed by atoms with Gasteiger partial charge in [-0.1, -0.05) is 13.8 Å². The third kappa shape index (κ3) is 4.93. The topological polar surface area (TPSA) is 69.6 Å². The lowest BCUT2D eigenvalue weighted by atomic mass is 9.95. The molecule has 0 aromatic carbocycles. The Kier molecular flexibility index (Phi) is 6.48. The highest BCUT2D eigenvalue weighted by Gasteiger charge is 2.30. The minimum Gasteiger partial charge on any atom is -0.480 e. The van der Waals surface area contributed by atoms with Crippen molar-refractivity contribution in [2.75, 3.05) is 25.1 Å². The minimum absolute atomic E-state index is 0.239. The number of aliphatic carboxylic acids is 1. The Morgan fingerprint density at radius 3 is 2.63 bits per heavy atom. The maximum atomic E-state index is 12.0. The second-order valence-corrected chi connectivity index (χ2v) is 6.35. The summed E-state index contributed by atoms with van der Waals surface area (Å²) in [5.74, 6) is 0.859. The zero-order valence-electron chi connectivity index (χ0n) is 11.9. The number of thioether (sulfide) groups is 1. The van der Waals surface area contributed by atoms with Crippen molar-refractivity contribution in [1.29, 1.82) is 0 Å². The van der Waals surface area contributed by atoms with Gasteiger partial charge >= 0.3 is 12.0 Å². The van der Waals surface area contributed by atoms with Gasteiger partial charge in [-0.05, 0) is 36.7 Å². The lowest BCUT2D eigenvalue weighted by Gasteiger charge is -2.21. The number of carbonyl (C=O) groups is 2. The van der Waals surface area contributed by atoms with E-state index in [2.05, 4.69) is 19.2 Å². The number of urea groups is 1. The van der Waals surface area contributed by atoms with E-state index in [4.69, 9.17) is 5.11 Å². The normalized spacial score (nSPS) is 20.6. The Morgan fingerprint density at radius 1 is 1.47 bits per heavy atom. The van der Waals surface area contributed by atoms with Crippen LogP contribution in [0.1, 0.15) is 26.7 Å². The Bertz CT molecular complexity index is 323. The molecule has 1 fully saturated rings. The third-order valence-corrected chi connectivity index (χ3v) is 4.31. The van der Waals surface area contributed by atoms with Crippen LogP contribution in [-0.2, 0) is 4.79 Å². The molecule has 5 nitrogen and oxygen atoms in total. The monoisotopic (exact) mass is 288 g/mol. The first-order valence-electron chi connectivity index (χ1n) is 6.72. The summed E-state index contributed by atoms with van der Waals surface area (Å²) in [6, 6.07) is -1.02. The van der Waals surface area contributed by atoms with Gasteiger partial charge < -0.3 is 15.3 Å². The van der Waals surface area contributed by atoms with Gasteiger partial charge in [-0.15, -0.1) is 0 Å². The zero-order chi connectivity index (χ0) is 14.4. The van der Waals surface area contributed by atoms with Crippen molar-refractivity contribution >= 4 is 23.8 Å². The molecule has 1 rings (SSSR count). The van der Waals surface area contributed by atoms with Crippen LogP contribution in [0.15, 0.2) is 0 Å². The molecule has 0 spiro atoms. The van der Waals surface area contributed by atoms with E-state index in [9.17, 15) is 9.59 Å². The van der Waals surface area contributed by atoms with Gasteiger partial charge in [-0.2, -0.15) is 11.8 Å². The van der Waals surface area contributed by atoms with Crippen molar-refractivity contribution in [2.45, 2.75) is 32.7 Å². The molecule has 0 saturated carbocycles. The summed E-state index contributed by atoms with van der Waals surface area (Å²) in [4.78, 5) is 24.9. The predicted molar refractivity (Wildman–Crippen MR) is 77.5 cm³/mol. The van der Waals surface area contributed by atoms with Crippen molar-refractivity contribution in [3.63, 3.8) is 0 Å². The number of carbonyl (C=O) groups excluding carboxylic acids is 1. The van der Waals surface area contributed by atoms with E-state index >= 15 is 0 Å². The number of likely N-dealkylation sites (tertiary alicyclic amines) is 1. The fourth-order valence-electron chi connectivity index (χ4n) is 2.25. The second kappa shape index (κ2) is 7.62. The molecule has 2 amide bonds. The number of carboxylic acid groups (broad SMARTS) is 1. The molecule has 0 aliphatic carbocycles. The molecular formula is C13H24N2O3S. The average molecular weight is 288 g/mol. The van der Waals surface area contributed by atoms with E-state index in [1.165, 1.54) is 0 Å². The maximum Gasteiger partial charge on any atom is 0.326 e. The fraction of sp³-hybridized carbons (Fsp3) is 0.846. The van der Waals surface area contributed by atoms with E-state index in [1.54, 1.807) is 16.7 Å². The Morgan fingerprint density at radius 2 is 2.16 bits per heavy atom. The van der Waals surface area contributed by atoms with Crippen molar-refractivity contribution < 1.29 is 14.7 Å². The summed E-state index contributed by atoms with van der Waals surface area (Å²) in [7, 11) is 0. The van der Waals surface area contributed by atoms with E-state index in [0.29, 0.717) is 18.3 Å². The molecule has 1 heterocycles. The largest absolute Gasteiger partial charge is 0.480 e. The van der Waals surface area contributed by atoms with Gasteiger partial charge in [0.05, 0.1) is 0 Å². The minimum atomic E-state index is -0.956. The van der Waals surface area contributed by atoms with Crippen LogP contribution in [0.2, 0.25) is 0 Å². The molecule has 0 aromatic heterocycles. The number of nitrogens with zero attached hydrogens (tertiary/aromatic N) is 1. The predicted octanol–water partition coefficient (Wildman–Crippen LogP) is 1.88. The summed E-state index contributed by atoms with van der Waals surface area (Å²) in [5, 5.41) is 11.7. The molecule has 19 heavy (non-hydrogen) atoms.